The lowest BCUT2D eigenvalue weighted by Crippen LogP contribution is -2.57. The van der Waals surface area contributed by atoms with Crippen molar-refractivity contribution in [3.8, 4) is 0 Å². The summed E-state index contributed by atoms with van der Waals surface area (Å²) in [5.74, 6) is -1.98. The molecule has 9 heteroatoms. The number of aliphatic hydroxyl groups excluding tert-OH is 1. The smallest absolute Gasteiger partial charge is 0.251 e. The fraction of sp³-hybridized carbons (Fsp3) is 0.306. The summed E-state index contributed by atoms with van der Waals surface area (Å²) in [4.78, 5) is 49.2. The molecular formula is C36H34ClN3O4S. The number of hydrogen-bond acceptors (Lipinski definition) is 5. The number of thioether (sulfide) groups is 1. The first kappa shape index (κ1) is 29.8. The standard InChI is InChI=1S/C36H34ClN3O4S/c37-26-14-16-27(17-15-26)39-20-8-18-36-31(30-29(45-36)13-7-19-38(33(30)42)22-25-11-5-2-6-12-25)34(43)40(32(36)35(39)44)28(23-41)21-24-9-3-1-4-10-24/h1-18,28-32,41H,19-23H2/t28-,29-,30+,31+,32?,36+/m1/s1. The molecule has 0 aliphatic carbocycles. The fourth-order valence-electron chi connectivity index (χ4n) is 7.46. The van der Waals surface area contributed by atoms with Gasteiger partial charge in [0.2, 0.25) is 11.8 Å². The number of likely N-dealkylation sites (tertiary alicyclic amines) is 1. The van der Waals surface area contributed by atoms with Crippen molar-refractivity contribution < 1.29 is 19.5 Å². The molecule has 3 amide bonds. The number of anilines is 1. The highest BCUT2D eigenvalue weighted by atomic mass is 35.5. The maximum atomic E-state index is 14.8. The number of fused-ring (bicyclic) bond motifs is 2. The number of aliphatic hydroxyl groups is 1. The quantitative estimate of drug-likeness (QED) is 0.378. The van der Waals surface area contributed by atoms with Crippen LogP contribution in [0, 0.1) is 11.8 Å². The Hall–Kier alpha value is -3.85. The molecule has 45 heavy (non-hydrogen) atoms. The van der Waals surface area contributed by atoms with Gasteiger partial charge >= 0.3 is 0 Å². The lowest BCUT2D eigenvalue weighted by atomic mass is 9.78. The van der Waals surface area contributed by atoms with E-state index in [4.69, 9.17) is 11.6 Å². The fourth-order valence-corrected chi connectivity index (χ4v) is 9.58. The largest absolute Gasteiger partial charge is 0.394 e. The Morgan fingerprint density at radius 1 is 0.844 bits per heavy atom. The summed E-state index contributed by atoms with van der Waals surface area (Å²) in [6, 6.07) is 25.1. The highest BCUT2D eigenvalue weighted by Crippen LogP contribution is 2.61. The summed E-state index contributed by atoms with van der Waals surface area (Å²) in [7, 11) is 0. The van der Waals surface area contributed by atoms with Gasteiger partial charge in [-0.15, -0.1) is 11.8 Å². The van der Waals surface area contributed by atoms with Gasteiger partial charge in [-0.3, -0.25) is 14.4 Å². The number of nitrogens with zero attached hydrogens (tertiary/aromatic N) is 3. The first-order valence-electron chi connectivity index (χ1n) is 15.3. The predicted molar refractivity (Wildman–Crippen MR) is 177 cm³/mol. The number of rotatable bonds is 7. The Balaban J connectivity index is 1.31. The number of hydrogen-bond donors (Lipinski definition) is 1. The summed E-state index contributed by atoms with van der Waals surface area (Å²) in [5, 5.41) is 11.1. The minimum atomic E-state index is -0.982. The van der Waals surface area contributed by atoms with Crippen molar-refractivity contribution in [2.45, 2.75) is 35.0 Å². The lowest BCUT2D eigenvalue weighted by Gasteiger charge is -2.38. The summed E-state index contributed by atoms with van der Waals surface area (Å²) < 4.78 is -0.982. The van der Waals surface area contributed by atoms with Gasteiger partial charge in [0.15, 0.2) is 0 Å². The Bertz CT molecular complexity index is 1650. The van der Waals surface area contributed by atoms with Crippen LogP contribution in [0.25, 0.3) is 0 Å². The highest BCUT2D eigenvalue weighted by molar-refractivity contribution is 8.02. The molecule has 6 atom stereocenters. The minimum Gasteiger partial charge on any atom is -0.394 e. The summed E-state index contributed by atoms with van der Waals surface area (Å²) in [6.45, 7) is 0.889. The van der Waals surface area contributed by atoms with Crippen molar-refractivity contribution in [3.63, 3.8) is 0 Å². The molecule has 2 saturated heterocycles. The van der Waals surface area contributed by atoms with Crippen LogP contribution in [0.5, 0.6) is 0 Å². The van der Waals surface area contributed by atoms with Gasteiger partial charge in [0.1, 0.15) is 6.04 Å². The van der Waals surface area contributed by atoms with Crippen molar-refractivity contribution in [2.24, 2.45) is 11.8 Å². The Labute approximate surface area is 272 Å². The van der Waals surface area contributed by atoms with Crippen molar-refractivity contribution >= 4 is 46.8 Å². The third-order valence-electron chi connectivity index (χ3n) is 9.45. The van der Waals surface area contributed by atoms with Crippen LogP contribution < -0.4 is 4.90 Å². The minimum absolute atomic E-state index is 0.0829. The molecule has 4 heterocycles. The molecule has 1 N–H and O–H groups in total. The van der Waals surface area contributed by atoms with Gasteiger partial charge in [-0.25, -0.2) is 0 Å². The summed E-state index contributed by atoms with van der Waals surface area (Å²) in [6.07, 6.45) is 8.41. The van der Waals surface area contributed by atoms with Crippen molar-refractivity contribution in [1.29, 1.82) is 0 Å². The predicted octanol–water partition coefficient (Wildman–Crippen LogP) is 4.74. The maximum absolute atomic E-state index is 14.8. The van der Waals surface area contributed by atoms with E-state index in [1.807, 2.05) is 89.9 Å². The van der Waals surface area contributed by atoms with E-state index in [0.717, 1.165) is 11.1 Å². The molecule has 0 saturated carbocycles. The van der Waals surface area contributed by atoms with Gasteiger partial charge < -0.3 is 19.8 Å². The molecule has 3 aromatic carbocycles. The van der Waals surface area contributed by atoms with Gasteiger partial charge in [0.25, 0.3) is 5.91 Å². The number of halogens is 1. The van der Waals surface area contributed by atoms with E-state index in [-0.39, 0.29) is 29.6 Å². The zero-order chi connectivity index (χ0) is 31.1. The SMILES string of the molecule is O=C1[C@@H]2[C@H]3C(=O)N([C@@H](CO)Cc4ccccc4)C4C(=O)N(c5ccc(Cl)cc5)CC=C[C@@]43S[C@@H]2C=CCN1Cc1ccccc1. The van der Waals surface area contributed by atoms with Crippen LogP contribution in [0.1, 0.15) is 11.1 Å². The zero-order valence-electron chi connectivity index (χ0n) is 24.6. The number of amides is 3. The second-order valence-corrected chi connectivity index (χ2v) is 14.0. The number of carbonyl (C=O) groups is 3. The number of benzene rings is 3. The van der Waals surface area contributed by atoms with E-state index in [1.165, 1.54) is 0 Å². The molecule has 230 valence electrons. The van der Waals surface area contributed by atoms with Crippen LogP contribution in [-0.4, -0.2) is 74.4 Å². The summed E-state index contributed by atoms with van der Waals surface area (Å²) in [5.41, 5.74) is 2.64. The second kappa shape index (κ2) is 12.2. The molecule has 4 aliphatic heterocycles. The zero-order valence-corrected chi connectivity index (χ0v) is 26.2. The monoisotopic (exact) mass is 639 g/mol. The molecule has 2 fully saturated rings. The van der Waals surface area contributed by atoms with Gasteiger partial charge in [0, 0.05) is 35.6 Å². The van der Waals surface area contributed by atoms with Gasteiger partial charge in [0.05, 0.1) is 29.2 Å². The van der Waals surface area contributed by atoms with Crippen LogP contribution in [-0.2, 0) is 27.3 Å². The molecule has 1 spiro atoms. The normalized spacial score (nSPS) is 28.0. The van der Waals surface area contributed by atoms with Crippen LogP contribution in [0.3, 0.4) is 0 Å². The van der Waals surface area contributed by atoms with Crippen molar-refractivity contribution in [3.05, 3.63) is 125 Å². The van der Waals surface area contributed by atoms with Crippen LogP contribution in [0.2, 0.25) is 5.02 Å². The molecule has 7 nitrogen and oxygen atoms in total. The van der Waals surface area contributed by atoms with Crippen molar-refractivity contribution in [1.82, 2.24) is 9.80 Å². The Morgan fingerprint density at radius 3 is 2.22 bits per heavy atom. The molecular weight excluding hydrogens is 606 g/mol. The van der Waals surface area contributed by atoms with Gasteiger partial charge in [-0.2, -0.15) is 0 Å². The van der Waals surface area contributed by atoms with Crippen molar-refractivity contribution in [2.75, 3.05) is 24.6 Å². The Kier molecular flexibility index (Phi) is 8.06. The number of carbonyl (C=O) groups excluding carboxylic acids is 3. The average molecular weight is 640 g/mol. The highest BCUT2D eigenvalue weighted by Gasteiger charge is 2.71. The third-order valence-corrected chi connectivity index (χ3v) is 11.4. The van der Waals surface area contributed by atoms with E-state index < -0.39 is 28.7 Å². The lowest BCUT2D eigenvalue weighted by molar-refractivity contribution is -0.144. The van der Waals surface area contributed by atoms with Crippen LogP contribution >= 0.6 is 23.4 Å². The summed E-state index contributed by atoms with van der Waals surface area (Å²) >= 11 is 7.72. The average Bonchev–Trinajstić information content (AvgIpc) is 3.38. The van der Waals surface area contributed by atoms with E-state index in [1.54, 1.807) is 45.8 Å². The van der Waals surface area contributed by atoms with E-state index in [2.05, 4.69) is 0 Å². The van der Waals surface area contributed by atoms with E-state index in [9.17, 15) is 19.5 Å². The van der Waals surface area contributed by atoms with Crippen LogP contribution in [0.15, 0.2) is 109 Å². The first-order chi connectivity index (χ1) is 21.9. The molecule has 0 radical (unpaired) electrons. The Morgan fingerprint density at radius 2 is 1.53 bits per heavy atom. The molecule has 4 aliphatic rings. The van der Waals surface area contributed by atoms with Gasteiger partial charge in [-0.05, 0) is 41.8 Å². The maximum Gasteiger partial charge on any atom is 0.251 e. The molecule has 1 unspecified atom stereocenters. The molecule has 3 aromatic rings. The third kappa shape index (κ3) is 5.19. The molecule has 0 aromatic heterocycles. The molecule has 0 bridgehead atoms. The van der Waals surface area contributed by atoms with Gasteiger partial charge in [-0.1, -0.05) is 96.6 Å². The topological polar surface area (TPSA) is 81.2 Å². The van der Waals surface area contributed by atoms with Crippen LogP contribution in [0.4, 0.5) is 5.69 Å². The molecule has 7 rings (SSSR count). The van der Waals surface area contributed by atoms with E-state index >= 15 is 0 Å². The first-order valence-corrected chi connectivity index (χ1v) is 16.6. The second-order valence-electron chi connectivity index (χ2n) is 12.1. The van der Waals surface area contributed by atoms with E-state index in [0.29, 0.717) is 36.8 Å².